The number of rotatable bonds is 3. The minimum absolute atomic E-state index is 0.0975. The van der Waals surface area contributed by atoms with Gasteiger partial charge in [-0.25, -0.2) is 4.63 Å². The number of hydrogen-bond donors (Lipinski definition) is 1. The number of carbonyl (C=O) groups is 2. The predicted molar refractivity (Wildman–Crippen MR) is 86.7 cm³/mol. The van der Waals surface area contributed by atoms with Crippen molar-refractivity contribution in [3.8, 4) is 0 Å². The largest absolute Gasteiger partial charge is 0.342 e. The predicted octanol–water partition coefficient (Wildman–Crippen LogP) is 1.19. The topological polar surface area (TPSA) is 88.3 Å². The van der Waals surface area contributed by atoms with E-state index in [4.69, 9.17) is 0 Å². The van der Waals surface area contributed by atoms with Crippen molar-refractivity contribution in [2.75, 3.05) is 12.8 Å². The number of likely N-dealkylation sites (N-methyl/N-ethyl adjacent to an activating group) is 1. The third kappa shape index (κ3) is 3.17. The highest BCUT2D eigenvalue weighted by Crippen LogP contribution is 2.29. The molecule has 3 rings (SSSR count). The summed E-state index contributed by atoms with van der Waals surface area (Å²) in [6, 6.07) is 5.05. The SMILES string of the molecule is CN(Cc1ccc2nonc2c1)C(=O)[C@@H]1CSC(C)(C)C(=O)N1. The highest BCUT2D eigenvalue weighted by atomic mass is 32.2. The summed E-state index contributed by atoms with van der Waals surface area (Å²) in [6.07, 6.45) is 0. The van der Waals surface area contributed by atoms with E-state index in [0.717, 1.165) is 5.56 Å². The molecule has 1 saturated heterocycles. The van der Waals surface area contributed by atoms with Gasteiger partial charge < -0.3 is 10.2 Å². The van der Waals surface area contributed by atoms with Crippen LogP contribution in [0.1, 0.15) is 19.4 Å². The maximum absolute atomic E-state index is 12.5. The summed E-state index contributed by atoms with van der Waals surface area (Å²) in [7, 11) is 1.73. The van der Waals surface area contributed by atoms with Crippen LogP contribution in [0.2, 0.25) is 0 Å². The van der Waals surface area contributed by atoms with Gasteiger partial charge in [0.2, 0.25) is 11.8 Å². The van der Waals surface area contributed by atoms with Crippen LogP contribution in [0.5, 0.6) is 0 Å². The second kappa shape index (κ2) is 5.84. The van der Waals surface area contributed by atoms with Crippen LogP contribution in [0.3, 0.4) is 0 Å². The molecule has 0 unspecified atom stereocenters. The molecule has 2 aromatic rings. The summed E-state index contributed by atoms with van der Waals surface area (Å²) in [4.78, 5) is 26.1. The molecule has 1 aromatic carbocycles. The van der Waals surface area contributed by atoms with E-state index < -0.39 is 10.8 Å². The Labute approximate surface area is 137 Å². The van der Waals surface area contributed by atoms with Gasteiger partial charge in [-0.15, -0.1) is 11.8 Å². The monoisotopic (exact) mass is 334 g/mol. The molecule has 0 bridgehead atoms. The molecule has 0 aliphatic carbocycles. The van der Waals surface area contributed by atoms with E-state index in [1.54, 1.807) is 18.0 Å². The summed E-state index contributed by atoms with van der Waals surface area (Å²) in [5, 5.41) is 10.4. The normalized spacial score (nSPS) is 20.3. The number of benzene rings is 1. The second-order valence-corrected chi connectivity index (χ2v) is 7.77. The molecule has 122 valence electrons. The fourth-order valence-electron chi connectivity index (χ4n) is 2.41. The lowest BCUT2D eigenvalue weighted by Gasteiger charge is -2.34. The molecule has 0 radical (unpaired) electrons. The minimum Gasteiger partial charge on any atom is -0.342 e. The molecule has 1 atom stereocenters. The molecule has 1 aliphatic rings. The first-order valence-corrected chi connectivity index (χ1v) is 8.26. The number of aromatic nitrogens is 2. The molecule has 23 heavy (non-hydrogen) atoms. The standard InChI is InChI=1S/C15H18N4O3S/c1-15(2)14(21)16-12(8-23-15)13(20)19(3)7-9-4-5-10-11(6-9)18-22-17-10/h4-6,12H,7-8H2,1-3H3,(H,16,21)/t12-/m0/s1. The molecule has 1 fully saturated rings. The summed E-state index contributed by atoms with van der Waals surface area (Å²) in [5.41, 5.74) is 2.27. The van der Waals surface area contributed by atoms with Crippen LogP contribution in [0, 0.1) is 0 Å². The van der Waals surface area contributed by atoms with Crippen molar-refractivity contribution in [3.05, 3.63) is 23.8 Å². The maximum Gasteiger partial charge on any atom is 0.246 e. The van der Waals surface area contributed by atoms with Gasteiger partial charge in [0.1, 0.15) is 17.1 Å². The van der Waals surface area contributed by atoms with Crippen molar-refractivity contribution in [2.45, 2.75) is 31.2 Å². The molecule has 2 heterocycles. The maximum atomic E-state index is 12.5. The highest BCUT2D eigenvalue weighted by molar-refractivity contribution is 8.01. The van der Waals surface area contributed by atoms with Crippen molar-refractivity contribution in [2.24, 2.45) is 0 Å². The Kier molecular flexibility index (Phi) is 4.01. The first-order chi connectivity index (χ1) is 10.9. The van der Waals surface area contributed by atoms with E-state index in [9.17, 15) is 9.59 Å². The molecule has 8 heteroatoms. The molecule has 1 N–H and O–H groups in total. The van der Waals surface area contributed by atoms with Crippen molar-refractivity contribution in [1.29, 1.82) is 0 Å². The molecule has 1 aromatic heterocycles. The average Bonchev–Trinajstić information content (AvgIpc) is 2.97. The van der Waals surface area contributed by atoms with Crippen molar-refractivity contribution in [1.82, 2.24) is 20.5 Å². The summed E-state index contributed by atoms with van der Waals surface area (Å²) in [5.74, 6) is 0.379. The molecule has 0 saturated carbocycles. The Bertz CT molecular complexity index is 758. The number of thioether (sulfide) groups is 1. The van der Waals surface area contributed by atoms with E-state index in [-0.39, 0.29) is 11.8 Å². The Morgan fingerprint density at radius 3 is 2.91 bits per heavy atom. The first kappa shape index (κ1) is 15.8. The zero-order valence-corrected chi connectivity index (χ0v) is 14.0. The zero-order chi connectivity index (χ0) is 16.6. The fraction of sp³-hybridized carbons (Fsp3) is 0.467. The van der Waals surface area contributed by atoms with Gasteiger partial charge in [-0.3, -0.25) is 9.59 Å². The minimum atomic E-state index is -0.486. The first-order valence-electron chi connectivity index (χ1n) is 7.28. The van der Waals surface area contributed by atoms with E-state index >= 15 is 0 Å². The van der Waals surface area contributed by atoms with Crippen LogP contribution < -0.4 is 5.32 Å². The van der Waals surface area contributed by atoms with Gasteiger partial charge in [0, 0.05) is 19.3 Å². The van der Waals surface area contributed by atoms with Crippen LogP contribution in [-0.2, 0) is 16.1 Å². The summed E-state index contributed by atoms with van der Waals surface area (Å²) in [6.45, 7) is 4.15. The van der Waals surface area contributed by atoms with Gasteiger partial charge in [-0.1, -0.05) is 6.07 Å². The van der Waals surface area contributed by atoms with Crippen molar-refractivity contribution >= 4 is 34.6 Å². The number of amides is 2. The van der Waals surface area contributed by atoms with E-state index in [1.807, 2.05) is 26.0 Å². The fourth-order valence-corrected chi connectivity index (χ4v) is 3.41. The Hall–Kier alpha value is -2.09. The Morgan fingerprint density at radius 1 is 1.43 bits per heavy atom. The third-order valence-corrected chi connectivity index (χ3v) is 5.28. The van der Waals surface area contributed by atoms with Crippen LogP contribution in [0.4, 0.5) is 0 Å². The van der Waals surface area contributed by atoms with Crippen molar-refractivity contribution < 1.29 is 14.2 Å². The number of fused-ring (bicyclic) bond motifs is 1. The lowest BCUT2D eigenvalue weighted by Crippen LogP contribution is -2.57. The van der Waals surface area contributed by atoms with Crippen LogP contribution >= 0.6 is 11.8 Å². The Morgan fingerprint density at radius 2 is 2.17 bits per heavy atom. The molecular formula is C15H18N4O3S. The lowest BCUT2D eigenvalue weighted by atomic mass is 10.1. The van der Waals surface area contributed by atoms with Crippen molar-refractivity contribution in [3.63, 3.8) is 0 Å². The molecular weight excluding hydrogens is 316 g/mol. The molecule has 2 amide bonds. The number of hydrogen-bond acceptors (Lipinski definition) is 6. The lowest BCUT2D eigenvalue weighted by molar-refractivity contribution is -0.136. The average molecular weight is 334 g/mol. The number of nitrogens with zero attached hydrogens (tertiary/aromatic N) is 3. The summed E-state index contributed by atoms with van der Waals surface area (Å²) >= 11 is 1.50. The van der Waals surface area contributed by atoms with Gasteiger partial charge in [0.15, 0.2) is 0 Å². The third-order valence-electron chi connectivity index (χ3n) is 3.88. The second-order valence-electron chi connectivity index (χ2n) is 6.13. The molecule has 1 aliphatic heterocycles. The van der Waals surface area contributed by atoms with Crippen LogP contribution in [0.15, 0.2) is 22.8 Å². The van der Waals surface area contributed by atoms with E-state index in [0.29, 0.717) is 23.3 Å². The zero-order valence-electron chi connectivity index (χ0n) is 13.2. The van der Waals surface area contributed by atoms with Gasteiger partial charge in [-0.2, -0.15) is 0 Å². The number of carbonyl (C=O) groups excluding carboxylic acids is 2. The van der Waals surface area contributed by atoms with Crippen LogP contribution in [-0.4, -0.2) is 50.6 Å². The van der Waals surface area contributed by atoms with E-state index in [2.05, 4.69) is 20.3 Å². The van der Waals surface area contributed by atoms with E-state index in [1.165, 1.54) is 11.8 Å². The van der Waals surface area contributed by atoms with Crippen LogP contribution in [0.25, 0.3) is 11.0 Å². The molecule has 0 spiro atoms. The smallest absolute Gasteiger partial charge is 0.246 e. The van der Waals surface area contributed by atoms with Gasteiger partial charge >= 0.3 is 0 Å². The Balaban J connectivity index is 1.66. The summed E-state index contributed by atoms with van der Waals surface area (Å²) < 4.78 is 4.18. The number of nitrogens with one attached hydrogen (secondary N) is 1. The quantitative estimate of drug-likeness (QED) is 0.907. The van der Waals surface area contributed by atoms with Gasteiger partial charge in [-0.05, 0) is 41.9 Å². The molecule has 7 nitrogen and oxygen atoms in total. The van der Waals surface area contributed by atoms with Gasteiger partial charge in [0.25, 0.3) is 0 Å². The van der Waals surface area contributed by atoms with Gasteiger partial charge in [0.05, 0.1) is 4.75 Å². The highest BCUT2D eigenvalue weighted by Gasteiger charge is 2.38.